The molecule has 0 saturated heterocycles. The summed E-state index contributed by atoms with van der Waals surface area (Å²) in [6.45, 7) is 3.22. The minimum absolute atomic E-state index is 0. The van der Waals surface area contributed by atoms with E-state index in [1.807, 2.05) is 31.3 Å². The average Bonchev–Trinajstić information content (AvgIpc) is 2.83. The van der Waals surface area contributed by atoms with Gasteiger partial charge in [0.2, 0.25) is 0 Å². The summed E-state index contributed by atoms with van der Waals surface area (Å²) in [5.41, 5.74) is 8.53. The number of thiophene rings is 1. The molecule has 3 nitrogen and oxygen atoms in total. The zero-order valence-corrected chi connectivity index (χ0v) is 13.3. The topological polar surface area (TPSA) is 46.3 Å². The summed E-state index contributed by atoms with van der Waals surface area (Å²) in [6.07, 6.45) is 0. The van der Waals surface area contributed by atoms with Crippen LogP contribution in [-0.2, 0) is 13.1 Å². The Morgan fingerprint density at radius 1 is 1.25 bits per heavy atom. The van der Waals surface area contributed by atoms with Crippen molar-refractivity contribution in [2.24, 2.45) is 5.73 Å². The van der Waals surface area contributed by atoms with Crippen LogP contribution in [0, 0.1) is 6.92 Å². The van der Waals surface area contributed by atoms with Gasteiger partial charge in [-0.15, -0.1) is 23.7 Å². The molecule has 0 fully saturated rings. The number of rotatable bonds is 4. The number of amides is 1. The van der Waals surface area contributed by atoms with Crippen molar-refractivity contribution in [2.45, 2.75) is 20.0 Å². The first-order valence-corrected chi connectivity index (χ1v) is 7.07. The van der Waals surface area contributed by atoms with Gasteiger partial charge in [0.25, 0.3) is 5.91 Å². The van der Waals surface area contributed by atoms with Crippen LogP contribution < -0.4 is 5.73 Å². The molecule has 108 valence electrons. The number of carbonyl (C=O) groups is 1. The van der Waals surface area contributed by atoms with Gasteiger partial charge in [-0.1, -0.05) is 12.1 Å². The van der Waals surface area contributed by atoms with Crippen LogP contribution in [0.25, 0.3) is 0 Å². The third-order valence-electron chi connectivity index (χ3n) is 3.13. The number of hydrogen-bond donors (Lipinski definition) is 1. The summed E-state index contributed by atoms with van der Waals surface area (Å²) in [7, 11) is 1.83. The van der Waals surface area contributed by atoms with Gasteiger partial charge in [0, 0.05) is 24.0 Å². The molecule has 0 aliphatic carbocycles. The molecule has 0 atom stereocenters. The molecule has 0 saturated carbocycles. The smallest absolute Gasteiger partial charge is 0.253 e. The van der Waals surface area contributed by atoms with E-state index in [2.05, 4.69) is 18.4 Å². The van der Waals surface area contributed by atoms with Crippen molar-refractivity contribution in [2.75, 3.05) is 7.05 Å². The second kappa shape index (κ2) is 7.43. The highest BCUT2D eigenvalue weighted by Crippen LogP contribution is 2.18. The van der Waals surface area contributed by atoms with E-state index >= 15 is 0 Å². The van der Waals surface area contributed by atoms with Crippen LogP contribution >= 0.6 is 23.7 Å². The van der Waals surface area contributed by atoms with Crippen molar-refractivity contribution in [1.29, 1.82) is 0 Å². The van der Waals surface area contributed by atoms with E-state index in [0.29, 0.717) is 18.7 Å². The lowest BCUT2D eigenvalue weighted by Gasteiger charge is -2.17. The Bertz CT molecular complexity index is 566. The lowest BCUT2D eigenvalue weighted by atomic mass is 10.1. The predicted molar refractivity (Wildman–Crippen MR) is 86.4 cm³/mol. The SMILES string of the molecule is Cc1ccsc1CN(C)C(=O)c1ccc(CN)cc1.Cl. The summed E-state index contributed by atoms with van der Waals surface area (Å²) < 4.78 is 0. The van der Waals surface area contributed by atoms with Crippen LogP contribution in [0.15, 0.2) is 35.7 Å². The van der Waals surface area contributed by atoms with Crippen LogP contribution in [0.4, 0.5) is 0 Å². The Balaban J connectivity index is 0.00000200. The van der Waals surface area contributed by atoms with Gasteiger partial charge in [0.05, 0.1) is 6.54 Å². The molecule has 0 aliphatic heterocycles. The van der Waals surface area contributed by atoms with E-state index in [1.54, 1.807) is 16.2 Å². The fraction of sp³-hybridized carbons (Fsp3) is 0.267. The van der Waals surface area contributed by atoms with E-state index < -0.39 is 0 Å². The highest BCUT2D eigenvalue weighted by Gasteiger charge is 2.13. The summed E-state index contributed by atoms with van der Waals surface area (Å²) in [5.74, 6) is 0.0383. The first-order valence-electron chi connectivity index (χ1n) is 6.19. The Hall–Kier alpha value is -1.36. The lowest BCUT2D eigenvalue weighted by molar-refractivity contribution is 0.0786. The third-order valence-corrected chi connectivity index (χ3v) is 4.14. The summed E-state index contributed by atoms with van der Waals surface area (Å²) in [4.78, 5) is 15.3. The second-order valence-corrected chi connectivity index (χ2v) is 5.59. The zero-order chi connectivity index (χ0) is 13.8. The van der Waals surface area contributed by atoms with Crippen LogP contribution in [0.3, 0.4) is 0 Å². The van der Waals surface area contributed by atoms with Crippen LogP contribution in [-0.4, -0.2) is 17.9 Å². The normalized spacial score (nSPS) is 9.95. The Labute approximate surface area is 129 Å². The van der Waals surface area contributed by atoms with Gasteiger partial charge < -0.3 is 10.6 Å². The van der Waals surface area contributed by atoms with Crippen LogP contribution in [0.5, 0.6) is 0 Å². The number of nitrogens with zero attached hydrogens (tertiary/aromatic N) is 1. The van der Waals surface area contributed by atoms with E-state index in [9.17, 15) is 4.79 Å². The molecule has 2 N–H and O–H groups in total. The van der Waals surface area contributed by atoms with Crippen LogP contribution in [0.1, 0.15) is 26.4 Å². The fourth-order valence-corrected chi connectivity index (χ4v) is 2.82. The summed E-state index contributed by atoms with van der Waals surface area (Å²) >= 11 is 1.69. The fourth-order valence-electron chi connectivity index (χ4n) is 1.86. The van der Waals surface area contributed by atoms with Crippen molar-refractivity contribution in [1.82, 2.24) is 4.90 Å². The standard InChI is InChI=1S/C15H18N2OS.ClH/c1-11-7-8-19-14(11)10-17(2)15(18)13-5-3-12(9-16)4-6-13;/h3-8H,9-10,16H2,1-2H3;1H. The number of hydrogen-bond acceptors (Lipinski definition) is 3. The minimum atomic E-state index is 0. The molecule has 2 aromatic rings. The molecule has 5 heteroatoms. The van der Waals surface area contributed by atoms with Crippen molar-refractivity contribution < 1.29 is 4.79 Å². The first-order chi connectivity index (χ1) is 9.11. The number of carbonyl (C=O) groups excluding carboxylic acids is 1. The number of benzene rings is 1. The summed E-state index contributed by atoms with van der Waals surface area (Å²) in [6, 6.07) is 9.55. The molecule has 20 heavy (non-hydrogen) atoms. The maximum absolute atomic E-state index is 12.3. The first kappa shape index (κ1) is 16.7. The van der Waals surface area contributed by atoms with Gasteiger partial charge in [0.1, 0.15) is 0 Å². The maximum Gasteiger partial charge on any atom is 0.253 e. The van der Waals surface area contributed by atoms with Gasteiger partial charge in [-0.2, -0.15) is 0 Å². The van der Waals surface area contributed by atoms with Crippen LogP contribution in [0.2, 0.25) is 0 Å². The Kier molecular flexibility index (Phi) is 6.20. The Morgan fingerprint density at radius 3 is 2.40 bits per heavy atom. The average molecular weight is 311 g/mol. The highest BCUT2D eigenvalue weighted by molar-refractivity contribution is 7.10. The molecule has 1 aromatic carbocycles. The number of aryl methyl sites for hydroxylation is 1. The molecule has 0 unspecified atom stereocenters. The number of nitrogens with two attached hydrogens (primary N) is 1. The van der Waals surface area contributed by atoms with E-state index in [0.717, 1.165) is 5.56 Å². The molecule has 0 radical (unpaired) electrons. The van der Waals surface area contributed by atoms with E-state index in [4.69, 9.17) is 5.73 Å². The molecular weight excluding hydrogens is 292 g/mol. The molecular formula is C15H19ClN2OS. The molecule has 2 rings (SSSR count). The zero-order valence-electron chi connectivity index (χ0n) is 11.6. The van der Waals surface area contributed by atoms with Gasteiger partial charge in [-0.25, -0.2) is 0 Å². The quantitative estimate of drug-likeness (QED) is 0.942. The van der Waals surface area contributed by atoms with Gasteiger partial charge in [0.15, 0.2) is 0 Å². The van der Waals surface area contributed by atoms with Crippen molar-refractivity contribution in [3.05, 3.63) is 57.3 Å². The van der Waals surface area contributed by atoms with E-state index in [1.165, 1.54) is 10.4 Å². The van der Waals surface area contributed by atoms with Crippen molar-refractivity contribution in [3.8, 4) is 0 Å². The van der Waals surface area contributed by atoms with Crippen molar-refractivity contribution in [3.63, 3.8) is 0 Å². The van der Waals surface area contributed by atoms with Gasteiger partial charge in [-0.3, -0.25) is 4.79 Å². The maximum atomic E-state index is 12.3. The van der Waals surface area contributed by atoms with Gasteiger partial charge >= 0.3 is 0 Å². The highest BCUT2D eigenvalue weighted by atomic mass is 35.5. The second-order valence-electron chi connectivity index (χ2n) is 4.59. The molecule has 0 aliphatic rings. The minimum Gasteiger partial charge on any atom is -0.337 e. The third kappa shape index (κ3) is 3.82. The van der Waals surface area contributed by atoms with E-state index in [-0.39, 0.29) is 18.3 Å². The molecule has 0 bridgehead atoms. The summed E-state index contributed by atoms with van der Waals surface area (Å²) in [5, 5.41) is 2.05. The molecule has 1 heterocycles. The lowest BCUT2D eigenvalue weighted by Crippen LogP contribution is -2.26. The van der Waals surface area contributed by atoms with Gasteiger partial charge in [-0.05, 0) is 41.6 Å². The predicted octanol–water partition coefficient (Wildman–Crippen LogP) is 3.21. The molecule has 1 amide bonds. The monoisotopic (exact) mass is 310 g/mol. The number of halogens is 1. The molecule has 0 spiro atoms. The Morgan fingerprint density at radius 2 is 1.90 bits per heavy atom. The largest absolute Gasteiger partial charge is 0.337 e. The molecule has 1 aromatic heterocycles. The van der Waals surface area contributed by atoms with Crippen molar-refractivity contribution >= 4 is 29.7 Å².